The van der Waals surface area contributed by atoms with Crippen molar-refractivity contribution in [3.63, 3.8) is 0 Å². The zero-order valence-corrected chi connectivity index (χ0v) is 9.24. The minimum Gasteiger partial charge on any atom is -0.365 e. The number of thiocarbonyl (C=S) groups is 1. The van der Waals surface area contributed by atoms with Gasteiger partial charge >= 0.3 is 0 Å². The number of carbonyl (C=O) groups is 1. The van der Waals surface area contributed by atoms with Crippen molar-refractivity contribution < 1.29 is 4.79 Å². The van der Waals surface area contributed by atoms with Crippen LogP contribution < -0.4 is 5.32 Å². The molecule has 1 saturated heterocycles. The minimum absolute atomic E-state index is 0.0158. The molecule has 14 heavy (non-hydrogen) atoms. The Balaban J connectivity index is 2.16. The van der Waals surface area contributed by atoms with Gasteiger partial charge in [-0.3, -0.25) is 4.79 Å². The smallest absolute Gasteiger partial charge is 0.239 e. The van der Waals surface area contributed by atoms with Crippen LogP contribution in [0.2, 0.25) is 0 Å². The Hall–Kier alpha value is -0.810. The molecule has 1 fully saturated rings. The third-order valence-electron chi connectivity index (χ3n) is 2.28. The summed E-state index contributed by atoms with van der Waals surface area (Å²) >= 11 is 6.37. The van der Waals surface area contributed by atoms with E-state index in [4.69, 9.17) is 12.2 Å². The van der Waals surface area contributed by atoms with Crippen LogP contribution in [0.4, 0.5) is 0 Å². The van der Waals surface area contributed by atoms with Gasteiger partial charge in [-0.1, -0.05) is 30.9 Å². The fraction of sp³-hybridized carbons (Fsp3) is 0.333. The quantitative estimate of drug-likeness (QED) is 0.753. The number of amides is 1. The Morgan fingerprint density at radius 1 is 1.64 bits per heavy atom. The number of H-pyrrole nitrogens is 1. The third kappa shape index (κ3) is 1.69. The average molecular weight is 226 g/mol. The van der Waals surface area contributed by atoms with Crippen molar-refractivity contribution in [3.8, 4) is 0 Å². The number of nitrogens with one attached hydrogen (secondary N) is 2. The molecular formula is C9H10N2OS2. The van der Waals surface area contributed by atoms with Gasteiger partial charge < -0.3 is 10.3 Å². The van der Waals surface area contributed by atoms with E-state index in [1.54, 1.807) is 0 Å². The highest BCUT2D eigenvalue weighted by molar-refractivity contribution is 8.24. The lowest BCUT2D eigenvalue weighted by Crippen LogP contribution is -2.27. The van der Waals surface area contributed by atoms with Crippen LogP contribution in [0, 0.1) is 0 Å². The van der Waals surface area contributed by atoms with Crippen molar-refractivity contribution in [3.05, 3.63) is 24.0 Å². The first-order valence-corrected chi connectivity index (χ1v) is 5.62. The van der Waals surface area contributed by atoms with E-state index in [1.165, 1.54) is 11.8 Å². The Bertz CT molecular complexity index is 361. The van der Waals surface area contributed by atoms with Crippen molar-refractivity contribution in [1.29, 1.82) is 0 Å². The zero-order chi connectivity index (χ0) is 10.1. The molecule has 0 spiro atoms. The Morgan fingerprint density at radius 2 is 2.43 bits per heavy atom. The Kier molecular flexibility index (Phi) is 2.60. The van der Waals surface area contributed by atoms with E-state index < -0.39 is 0 Å². The molecule has 2 rings (SSSR count). The lowest BCUT2D eigenvalue weighted by Gasteiger charge is -2.13. The van der Waals surface area contributed by atoms with E-state index in [1.807, 2.05) is 25.3 Å². The molecule has 1 aromatic rings. The van der Waals surface area contributed by atoms with E-state index in [-0.39, 0.29) is 17.1 Å². The van der Waals surface area contributed by atoms with Crippen LogP contribution in [0.15, 0.2) is 18.3 Å². The molecule has 2 unspecified atom stereocenters. The van der Waals surface area contributed by atoms with Gasteiger partial charge in [-0.2, -0.15) is 0 Å². The second kappa shape index (κ2) is 3.74. The van der Waals surface area contributed by atoms with Crippen LogP contribution in [0.1, 0.15) is 18.5 Å². The topological polar surface area (TPSA) is 44.9 Å². The Labute approximate surface area is 91.7 Å². The van der Waals surface area contributed by atoms with Gasteiger partial charge in [0.1, 0.15) is 4.32 Å². The number of hydrogen-bond acceptors (Lipinski definition) is 3. The first-order valence-electron chi connectivity index (χ1n) is 4.33. The number of carbonyl (C=O) groups excluding carboxylic acids is 1. The van der Waals surface area contributed by atoms with Crippen molar-refractivity contribution in [2.24, 2.45) is 0 Å². The molecular weight excluding hydrogens is 216 g/mol. The predicted molar refractivity (Wildman–Crippen MR) is 61.3 cm³/mol. The lowest BCUT2D eigenvalue weighted by atomic mass is 10.0. The summed E-state index contributed by atoms with van der Waals surface area (Å²) in [6, 6.07) is 3.92. The van der Waals surface area contributed by atoms with Crippen LogP contribution in [0.3, 0.4) is 0 Å². The van der Waals surface area contributed by atoms with E-state index in [0.29, 0.717) is 4.32 Å². The lowest BCUT2D eigenvalue weighted by molar-refractivity contribution is -0.119. The molecule has 1 aliphatic rings. The van der Waals surface area contributed by atoms with Crippen LogP contribution in [-0.4, -0.2) is 20.5 Å². The van der Waals surface area contributed by atoms with Gasteiger partial charge in [-0.25, -0.2) is 0 Å². The molecule has 0 saturated carbocycles. The number of thioether (sulfide) groups is 1. The van der Waals surface area contributed by atoms with Crippen molar-refractivity contribution in [2.45, 2.75) is 18.1 Å². The monoisotopic (exact) mass is 226 g/mol. The highest BCUT2D eigenvalue weighted by Gasteiger charge is 2.34. The van der Waals surface area contributed by atoms with Gasteiger partial charge in [0.05, 0.1) is 5.25 Å². The van der Waals surface area contributed by atoms with Gasteiger partial charge in [-0.05, 0) is 12.1 Å². The molecule has 74 valence electrons. The molecule has 0 aliphatic carbocycles. The number of aromatic amines is 1. The summed E-state index contributed by atoms with van der Waals surface area (Å²) in [6.45, 7) is 2.02. The molecule has 0 radical (unpaired) electrons. The van der Waals surface area contributed by atoms with Crippen LogP contribution in [-0.2, 0) is 4.79 Å². The van der Waals surface area contributed by atoms with Gasteiger partial charge in [0.15, 0.2) is 0 Å². The molecule has 2 N–H and O–H groups in total. The van der Waals surface area contributed by atoms with Crippen molar-refractivity contribution in [1.82, 2.24) is 10.3 Å². The standard InChI is InChI=1S/C9H10N2OS2/c1-5(6-3-2-4-10-6)7-8(12)11-9(13)14-7/h2-5,7,10H,1H3,(H,11,12,13). The summed E-state index contributed by atoms with van der Waals surface area (Å²) in [5.74, 6) is 0.178. The number of rotatable bonds is 2. The molecule has 5 heteroatoms. The largest absolute Gasteiger partial charge is 0.365 e. The molecule has 0 bridgehead atoms. The van der Waals surface area contributed by atoms with Crippen LogP contribution >= 0.6 is 24.0 Å². The maximum atomic E-state index is 11.5. The molecule has 1 aromatic heterocycles. The zero-order valence-electron chi connectivity index (χ0n) is 7.61. The fourth-order valence-corrected chi connectivity index (χ4v) is 2.81. The highest BCUT2D eigenvalue weighted by Crippen LogP contribution is 2.31. The maximum absolute atomic E-state index is 11.5. The van der Waals surface area contributed by atoms with Crippen molar-refractivity contribution >= 4 is 34.2 Å². The van der Waals surface area contributed by atoms with E-state index in [9.17, 15) is 4.79 Å². The van der Waals surface area contributed by atoms with Gasteiger partial charge in [0, 0.05) is 17.8 Å². The summed E-state index contributed by atoms with van der Waals surface area (Å²) in [6.07, 6.45) is 1.86. The number of aromatic nitrogens is 1. The second-order valence-electron chi connectivity index (χ2n) is 3.23. The van der Waals surface area contributed by atoms with Crippen molar-refractivity contribution in [2.75, 3.05) is 0 Å². The molecule has 1 aliphatic heterocycles. The third-order valence-corrected chi connectivity index (χ3v) is 3.87. The summed E-state index contributed by atoms with van der Waals surface area (Å²) in [7, 11) is 0. The fourth-order valence-electron chi connectivity index (χ4n) is 1.49. The van der Waals surface area contributed by atoms with Crippen LogP contribution in [0.5, 0.6) is 0 Å². The average Bonchev–Trinajstić information content (AvgIpc) is 2.73. The first kappa shape index (κ1) is 9.73. The molecule has 3 nitrogen and oxygen atoms in total. The Morgan fingerprint density at radius 3 is 2.93 bits per heavy atom. The minimum atomic E-state index is -0.0962. The second-order valence-corrected chi connectivity index (χ2v) is 5.05. The summed E-state index contributed by atoms with van der Waals surface area (Å²) in [5.41, 5.74) is 1.07. The van der Waals surface area contributed by atoms with E-state index in [2.05, 4.69) is 10.3 Å². The molecule has 2 atom stereocenters. The van der Waals surface area contributed by atoms with Gasteiger partial charge in [-0.15, -0.1) is 0 Å². The molecule has 2 heterocycles. The first-order chi connectivity index (χ1) is 6.68. The van der Waals surface area contributed by atoms with Crippen LogP contribution in [0.25, 0.3) is 0 Å². The van der Waals surface area contributed by atoms with E-state index in [0.717, 1.165) is 5.69 Å². The SMILES string of the molecule is CC(c1ccc[nH]1)C1SC(=S)NC1=O. The number of hydrogen-bond donors (Lipinski definition) is 2. The predicted octanol–water partition coefficient (Wildman–Crippen LogP) is 1.63. The van der Waals surface area contributed by atoms with Gasteiger partial charge in [0.25, 0.3) is 0 Å². The summed E-state index contributed by atoms with van der Waals surface area (Å²) in [5, 5.41) is 2.56. The molecule has 1 amide bonds. The van der Waals surface area contributed by atoms with E-state index >= 15 is 0 Å². The normalized spacial score (nSPS) is 23.6. The summed E-state index contributed by atoms with van der Waals surface area (Å²) in [4.78, 5) is 14.6. The van der Waals surface area contributed by atoms with Gasteiger partial charge in [0.2, 0.25) is 5.91 Å². The molecule has 0 aromatic carbocycles. The maximum Gasteiger partial charge on any atom is 0.239 e. The highest BCUT2D eigenvalue weighted by atomic mass is 32.2. The summed E-state index contributed by atoms with van der Waals surface area (Å²) < 4.78 is 0.582.